The van der Waals surface area contributed by atoms with E-state index in [9.17, 15) is 13.2 Å². The maximum absolute atomic E-state index is 13.6. The van der Waals surface area contributed by atoms with E-state index in [1.165, 1.54) is 0 Å². The first-order chi connectivity index (χ1) is 15.4. The van der Waals surface area contributed by atoms with Gasteiger partial charge in [-0.25, -0.2) is 8.42 Å². The fourth-order valence-corrected chi connectivity index (χ4v) is 6.53. The third-order valence-electron chi connectivity index (χ3n) is 6.05. The summed E-state index contributed by atoms with van der Waals surface area (Å²) < 4.78 is 30.6. The predicted octanol–water partition coefficient (Wildman–Crippen LogP) is 4.82. The monoisotopic (exact) mass is 510 g/mol. The molecule has 1 amide bonds. The van der Waals surface area contributed by atoms with Crippen molar-refractivity contribution in [1.82, 2.24) is 4.72 Å². The van der Waals surface area contributed by atoms with Crippen molar-refractivity contribution in [3.05, 3.63) is 94.0 Å². The Morgan fingerprint density at radius 2 is 1.56 bits per heavy atom. The highest BCUT2D eigenvalue weighted by Crippen LogP contribution is 2.40. The summed E-state index contributed by atoms with van der Waals surface area (Å²) in [5.41, 5.74) is 3.41. The van der Waals surface area contributed by atoms with Crippen LogP contribution < -0.4 is 9.62 Å². The third kappa shape index (κ3) is 4.12. The molecule has 32 heavy (non-hydrogen) atoms. The van der Waals surface area contributed by atoms with Crippen LogP contribution in [0.3, 0.4) is 0 Å². The van der Waals surface area contributed by atoms with Crippen molar-refractivity contribution in [2.45, 2.75) is 30.2 Å². The van der Waals surface area contributed by atoms with Crippen molar-refractivity contribution in [3.63, 3.8) is 0 Å². The number of sulfonamides is 1. The van der Waals surface area contributed by atoms with Crippen LogP contribution in [0.25, 0.3) is 0 Å². The molecule has 0 bridgehead atoms. The summed E-state index contributed by atoms with van der Waals surface area (Å²) in [4.78, 5) is 14.6. The number of benzene rings is 3. The number of nitrogens with one attached hydrogen (secondary N) is 1. The fourth-order valence-electron chi connectivity index (χ4n) is 4.21. The van der Waals surface area contributed by atoms with Crippen molar-refractivity contribution < 1.29 is 13.2 Å². The van der Waals surface area contributed by atoms with E-state index in [2.05, 4.69) is 20.7 Å². The Bertz CT molecular complexity index is 1220. The number of carbonyl (C=O) groups is 1. The molecule has 1 fully saturated rings. The minimum Gasteiger partial charge on any atom is -0.312 e. The van der Waals surface area contributed by atoms with Crippen LogP contribution in [0.5, 0.6) is 0 Å². The lowest BCUT2D eigenvalue weighted by molar-refractivity contribution is -0.119. The van der Waals surface area contributed by atoms with E-state index in [-0.39, 0.29) is 16.7 Å². The van der Waals surface area contributed by atoms with Gasteiger partial charge in [0.1, 0.15) is 0 Å². The van der Waals surface area contributed by atoms with Gasteiger partial charge in [-0.15, -0.1) is 0 Å². The van der Waals surface area contributed by atoms with Gasteiger partial charge in [-0.1, -0.05) is 60.7 Å². The Labute approximate surface area is 196 Å². The van der Waals surface area contributed by atoms with Crippen LogP contribution in [0.15, 0.2) is 82.2 Å². The average Bonchev–Trinajstić information content (AvgIpc) is 3.58. The molecule has 3 aromatic carbocycles. The molecule has 0 unspecified atom stereocenters. The highest BCUT2D eigenvalue weighted by molar-refractivity contribution is 9.10. The minimum absolute atomic E-state index is 0.0864. The number of hydrogen-bond acceptors (Lipinski definition) is 3. The zero-order valence-corrected chi connectivity index (χ0v) is 19.8. The first kappa shape index (κ1) is 21.4. The molecule has 1 saturated carbocycles. The van der Waals surface area contributed by atoms with Crippen molar-refractivity contribution in [3.8, 4) is 0 Å². The second-order valence-corrected chi connectivity index (χ2v) is 10.8. The minimum atomic E-state index is -3.90. The van der Waals surface area contributed by atoms with Gasteiger partial charge in [0.2, 0.25) is 15.9 Å². The number of nitrogens with zero attached hydrogens (tertiary/aromatic N) is 1. The molecule has 1 N–H and O–H groups in total. The molecule has 0 spiro atoms. The molecule has 7 heteroatoms. The van der Waals surface area contributed by atoms with Crippen molar-refractivity contribution in [2.24, 2.45) is 5.92 Å². The van der Waals surface area contributed by atoms with Gasteiger partial charge in [0.25, 0.3) is 0 Å². The zero-order chi connectivity index (χ0) is 22.3. The first-order valence-corrected chi connectivity index (χ1v) is 13.0. The molecule has 1 aliphatic carbocycles. The summed E-state index contributed by atoms with van der Waals surface area (Å²) in [5, 5.41) is 0. The molecule has 164 valence electrons. The molecule has 1 heterocycles. The number of amides is 1. The van der Waals surface area contributed by atoms with Gasteiger partial charge in [-0.2, -0.15) is 4.72 Å². The lowest BCUT2D eigenvalue weighted by Gasteiger charge is -2.22. The summed E-state index contributed by atoms with van der Waals surface area (Å²) in [6.45, 7) is 0.602. The molecule has 0 atom stereocenters. The molecule has 5 rings (SSSR count). The Hall–Kier alpha value is -2.48. The lowest BCUT2D eigenvalue weighted by atomic mass is 10.00. The van der Waals surface area contributed by atoms with E-state index in [1.54, 1.807) is 11.0 Å². The molecule has 0 radical (unpaired) electrons. The fraction of sp³-hybridized carbons (Fsp3) is 0.240. The summed E-state index contributed by atoms with van der Waals surface area (Å²) in [7, 11) is -3.90. The number of anilines is 1. The molecule has 5 nitrogen and oxygen atoms in total. The first-order valence-electron chi connectivity index (χ1n) is 10.7. The van der Waals surface area contributed by atoms with Crippen LogP contribution in [-0.4, -0.2) is 20.9 Å². The molecule has 0 aromatic heterocycles. The molecule has 2 aliphatic rings. The third-order valence-corrected chi connectivity index (χ3v) is 8.43. The van der Waals surface area contributed by atoms with E-state index in [0.717, 1.165) is 36.0 Å². The number of fused-ring (bicyclic) bond motifs is 1. The van der Waals surface area contributed by atoms with Crippen LogP contribution in [0.1, 0.15) is 35.6 Å². The predicted molar refractivity (Wildman–Crippen MR) is 128 cm³/mol. The largest absolute Gasteiger partial charge is 0.312 e. The van der Waals surface area contributed by atoms with E-state index in [1.807, 2.05) is 66.7 Å². The lowest BCUT2D eigenvalue weighted by Crippen LogP contribution is -2.31. The Morgan fingerprint density at radius 3 is 2.12 bits per heavy atom. The Kier molecular flexibility index (Phi) is 5.65. The molecule has 3 aromatic rings. The van der Waals surface area contributed by atoms with Gasteiger partial charge >= 0.3 is 0 Å². The van der Waals surface area contributed by atoms with Crippen molar-refractivity contribution in [1.29, 1.82) is 0 Å². The van der Waals surface area contributed by atoms with Gasteiger partial charge in [0.15, 0.2) is 0 Å². The number of halogens is 1. The number of carbonyl (C=O) groups excluding carboxylic acids is 1. The molecular weight excluding hydrogens is 488 g/mol. The van der Waals surface area contributed by atoms with Crippen molar-refractivity contribution in [2.75, 3.05) is 11.4 Å². The second-order valence-electron chi connectivity index (χ2n) is 8.30. The maximum Gasteiger partial charge on any atom is 0.242 e. The van der Waals surface area contributed by atoms with E-state index in [4.69, 9.17) is 0 Å². The van der Waals surface area contributed by atoms with E-state index in [0.29, 0.717) is 16.7 Å². The molecular formula is C25H23BrN2O3S. The SMILES string of the molecule is O=C(C1CC1)N1CCc2cc(Br)c(S(=O)(=O)NC(c3ccccc3)c3ccccc3)cc21. The van der Waals surface area contributed by atoms with Gasteiger partial charge in [-0.05, 0) is 64.0 Å². The normalized spacial score (nSPS) is 15.8. The smallest absolute Gasteiger partial charge is 0.242 e. The standard InChI is InChI=1S/C25H23BrN2O3S/c26-21-15-20-13-14-28(25(29)19-11-12-19)22(20)16-23(21)32(30,31)27-24(17-7-3-1-4-8-17)18-9-5-2-6-10-18/h1-10,15-16,19,24,27H,11-14H2. The number of hydrogen-bond donors (Lipinski definition) is 1. The van der Waals surface area contributed by atoms with Crippen molar-refractivity contribution >= 4 is 37.5 Å². The van der Waals surface area contributed by atoms with Crippen LogP contribution in [0.2, 0.25) is 0 Å². The van der Waals surface area contributed by atoms with Gasteiger partial charge in [-0.3, -0.25) is 4.79 Å². The van der Waals surface area contributed by atoms with E-state index < -0.39 is 16.1 Å². The van der Waals surface area contributed by atoms with Gasteiger partial charge < -0.3 is 4.90 Å². The summed E-state index contributed by atoms with van der Waals surface area (Å²) in [6.07, 6.45) is 2.57. The second kappa shape index (κ2) is 8.46. The topological polar surface area (TPSA) is 66.5 Å². The summed E-state index contributed by atoms with van der Waals surface area (Å²) in [5.74, 6) is 0.192. The van der Waals surface area contributed by atoms with Crippen LogP contribution in [-0.2, 0) is 21.2 Å². The highest BCUT2D eigenvalue weighted by Gasteiger charge is 2.37. The molecule has 1 aliphatic heterocycles. The molecule has 0 saturated heterocycles. The van der Waals surface area contributed by atoms with E-state index >= 15 is 0 Å². The summed E-state index contributed by atoms with van der Waals surface area (Å²) in [6, 6.07) is 22.0. The zero-order valence-electron chi connectivity index (χ0n) is 17.4. The highest BCUT2D eigenvalue weighted by atomic mass is 79.9. The van der Waals surface area contributed by atoms with Gasteiger partial charge in [0.05, 0.1) is 10.9 Å². The average molecular weight is 511 g/mol. The quantitative estimate of drug-likeness (QED) is 0.517. The van der Waals surface area contributed by atoms with Crippen LogP contribution in [0.4, 0.5) is 5.69 Å². The number of rotatable bonds is 6. The summed E-state index contributed by atoms with van der Waals surface area (Å²) >= 11 is 3.46. The van der Waals surface area contributed by atoms with Gasteiger partial charge in [0, 0.05) is 22.6 Å². The van der Waals surface area contributed by atoms with Crippen LogP contribution >= 0.6 is 15.9 Å². The Morgan fingerprint density at radius 1 is 0.969 bits per heavy atom. The Balaban J connectivity index is 1.52. The van der Waals surface area contributed by atoms with Crippen LogP contribution in [0, 0.1) is 5.92 Å². The maximum atomic E-state index is 13.6.